The zero-order chi connectivity index (χ0) is 16.9. The molecule has 4 nitrogen and oxygen atoms in total. The van der Waals surface area contributed by atoms with Crippen LogP contribution in [0.1, 0.15) is 11.1 Å². The normalized spacial score (nSPS) is 10.4. The molecule has 4 heteroatoms. The van der Waals surface area contributed by atoms with Gasteiger partial charge in [0, 0.05) is 12.6 Å². The minimum Gasteiger partial charge on any atom is -0.375 e. The molecule has 24 heavy (non-hydrogen) atoms. The number of nitrogens with one attached hydrogen (secondary N) is 1. The number of aryl methyl sites for hydroxylation is 1. The summed E-state index contributed by atoms with van der Waals surface area (Å²) in [6, 6.07) is 23.1. The smallest absolute Gasteiger partial charge is 0.292 e. The first kappa shape index (κ1) is 15.7. The van der Waals surface area contributed by atoms with Crippen molar-refractivity contribution in [2.24, 2.45) is 0 Å². The quantitative estimate of drug-likeness (QED) is 0.521. The fraction of sp³-hybridized carbons (Fsp3) is 0.100. The Hall–Kier alpha value is -3.14. The SMILES string of the molecule is Cc1cccc(-c2ccc([N+](=O)[O-])c(NCc3ccccc3)c2)c1. The zero-order valence-electron chi connectivity index (χ0n) is 13.4. The van der Waals surface area contributed by atoms with E-state index >= 15 is 0 Å². The van der Waals surface area contributed by atoms with Gasteiger partial charge < -0.3 is 5.32 Å². The van der Waals surface area contributed by atoms with Gasteiger partial charge in [-0.2, -0.15) is 0 Å². The first-order valence-corrected chi connectivity index (χ1v) is 7.77. The number of hydrogen-bond acceptors (Lipinski definition) is 3. The molecule has 3 aromatic rings. The molecule has 0 bridgehead atoms. The van der Waals surface area contributed by atoms with Gasteiger partial charge >= 0.3 is 0 Å². The predicted molar refractivity (Wildman–Crippen MR) is 97.0 cm³/mol. The Kier molecular flexibility index (Phi) is 4.57. The van der Waals surface area contributed by atoms with E-state index in [2.05, 4.69) is 11.4 Å². The molecule has 0 fully saturated rings. The van der Waals surface area contributed by atoms with Crippen molar-refractivity contribution >= 4 is 11.4 Å². The lowest BCUT2D eigenvalue weighted by Crippen LogP contribution is -2.02. The largest absolute Gasteiger partial charge is 0.375 e. The molecule has 0 atom stereocenters. The van der Waals surface area contributed by atoms with E-state index in [9.17, 15) is 10.1 Å². The van der Waals surface area contributed by atoms with E-state index in [4.69, 9.17) is 0 Å². The Morgan fingerprint density at radius 1 is 0.917 bits per heavy atom. The van der Waals surface area contributed by atoms with Crippen LogP contribution in [0.4, 0.5) is 11.4 Å². The molecule has 0 aromatic heterocycles. The second kappa shape index (κ2) is 6.96. The monoisotopic (exact) mass is 318 g/mol. The highest BCUT2D eigenvalue weighted by Crippen LogP contribution is 2.31. The molecule has 0 amide bonds. The van der Waals surface area contributed by atoms with Gasteiger partial charge in [0.1, 0.15) is 5.69 Å². The number of nitro benzene ring substituents is 1. The van der Waals surface area contributed by atoms with Gasteiger partial charge in [-0.05, 0) is 35.7 Å². The van der Waals surface area contributed by atoms with Gasteiger partial charge in [-0.25, -0.2) is 0 Å². The van der Waals surface area contributed by atoms with Crippen LogP contribution in [0.5, 0.6) is 0 Å². The summed E-state index contributed by atoms with van der Waals surface area (Å²) >= 11 is 0. The van der Waals surface area contributed by atoms with Crippen molar-refractivity contribution in [3.63, 3.8) is 0 Å². The van der Waals surface area contributed by atoms with Crippen LogP contribution in [0.25, 0.3) is 11.1 Å². The van der Waals surface area contributed by atoms with Crippen molar-refractivity contribution in [3.8, 4) is 11.1 Å². The molecule has 3 aromatic carbocycles. The third-order valence-electron chi connectivity index (χ3n) is 3.87. The second-order valence-electron chi connectivity index (χ2n) is 5.70. The Labute approximate surface area is 140 Å². The summed E-state index contributed by atoms with van der Waals surface area (Å²) in [6.45, 7) is 2.57. The maximum atomic E-state index is 11.3. The van der Waals surface area contributed by atoms with Gasteiger partial charge in [0.2, 0.25) is 0 Å². The molecule has 0 saturated carbocycles. The molecule has 0 heterocycles. The van der Waals surface area contributed by atoms with Crippen LogP contribution in [-0.2, 0) is 6.54 Å². The molecule has 0 aliphatic rings. The second-order valence-corrected chi connectivity index (χ2v) is 5.70. The molecule has 120 valence electrons. The minimum atomic E-state index is -0.354. The van der Waals surface area contributed by atoms with Gasteiger partial charge in [-0.3, -0.25) is 10.1 Å². The summed E-state index contributed by atoms with van der Waals surface area (Å²) in [5.74, 6) is 0. The van der Waals surface area contributed by atoms with Crippen molar-refractivity contribution in [1.29, 1.82) is 0 Å². The van der Waals surface area contributed by atoms with Crippen LogP contribution in [0.3, 0.4) is 0 Å². The summed E-state index contributed by atoms with van der Waals surface area (Å²) in [4.78, 5) is 10.9. The van der Waals surface area contributed by atoms with Crippen LogP contribution < -0.4 is 5.32 Å². The number of anilines is 1. The lowest BCUT2D eigenvalue weighted by Gasteiger charge is -2.10. The summed E-state index contributed by atoms with van der Waals surface area (Å²) in [5.41, 5.74) is 4.86. The maximum Gasteiger partial charge on any atom is 0.292 e. The molecule has 0 radical (unpaired) electrons. The van der Waals surface area contributed by atoms with Crippen molar-refractivity contribution in [3.05, 3.63) is 94.0 Å². The van der Waals surface area contributed by atoms with E-state index in [0.29, 0.717) is 12.2 Å². The number of nitrogens with zero attached hydrogens (tertiary/aromatic N) is 1. The lowest BCUT2D eigenvalue weighted by atomic mass is 10.0. The third-order valence-corrected chi connectivity index (χ3v) is 3.87. The molecule has 0 aliphatic heterocycles. The van der Waals surface area contributed by atoms with E-state index in [-0.39, 0.29) is 10.6 Å². The van der Waals surface area contributed by atoms with Crippen LogP contribution in [-0.4, -0.2) is 4.92 Å². The first-order valence-electron chi connectivity index (χ1n) is 7.77. The minimum absolute atomic E-state index is 0.0855. The molecule has 0 saturated heterocycles. The molecule has 1 N–H and O–H groups in total. The van der Waals surface area contributed by atoms with Gasteiger partial charge in [0.15, 0.2) is 0 Å². The number of rotatable bonds is 5. The maximum absolute atomic E-state index is 11.3. The fourth-order valence-corrected chi connectivity index (χ4v) is 2.63. The van der Waals surface area contributed by atoms with Crippen molar-refractivity contribution < 1.29 is 4.92 Å². The molecule has 0 unspecified atom stereocenters. The zero-order valence-corrected chi connectivity index (χ0v) is 13.4. The highest BCUT2D eigenvalue weighted by atomic mass is 16.6. The van der Waals surface area contributed by atoms with Crippen LogP contribution in [0, 0.1) is 17.0 Å². The highest BCUT2D eigenvalue weighted by Gasteiger charge is 2.14. The summed E-state index contributed by atoms with van der Waals surface area (Å²) in [5, 5.41) is 14.5. The summed E-state index contributed by atoms with van der Waals surface area (Å²) in [7, 11) is 0. The van der Waals surface area contributed by atoms with E-state index in [1.807, 2.05) is 61.5 Å². The molecule has 3 rings (SSSR count). The molecule has 0 aliphatic carbocycles. The predicted octanol–water partition coefficient (Wildman–Crippen LogP) is 5.18. The number of benzene rings is 3. The Bertz CT molecular complexity index is 861. The van der Waals surface area contributed by atoms with Crippen molar-refractivity contribution in [1.82, 2.24) is 0 Å². The fourth-order valence-electron chi connectivity index (χ4n) is 2.63. The van der Waals surface area contributed by atoms with Crippen LogP contribution >= 0.6 is 0 Å². The Morgan fingerprint density at radius 2 is 1.67 bits per heavy atom. The van der Waals surface area contributed by atoms with E-state index < -0.39 is 0 Å². The topological polar surface area (TPSA) is 55.2 Å². The third kappa shape index (κ3) is 3.60. The summed E-state index contributed by atoms with van der Waals surface area (Å²) in [6.07, 6.45) is 0. The van der Waals surface area contributed by atoms with E-state index in [1.165, 1.54) is 0 Å². The van der Waals surface area contributed by atoms with E-state index in [0.717, 1.165) is 22.3 Å². The molecular formula is C20H18N2O2. The van der Waals surface area contributed by atoms with Crippen LogP contribution in [0.2, 0.25) is 0 Å². The highest BCUT2D eigenvalue weighted by molar-refractivity contribution is 5.74. The van der Waals surface area contributed by atoms with Gasteiger partial charge in [-0.1, -0.05) is 60.2 Å². The van der Waals surface area contributed by atoms with Gasteiger partial charge in [-0.15, -0.1) is 0 Å². The standard InChI is InChI=1S/C20H18N2O2/c1-15-6-5-9-17(12-15)18-10-11-20(22(23)24)19(13-18)21-14-16-7-3-2-4-8-16/h2-13,21H,14H2,1H3. The van der Waals surface area contributed by atoms with Crippen molar-refractivity contribution in [2.45, 2.75) is 13.5 Å². The van der Waals surface area contributed by atoms with Crippen LogP contribution in [0.15, 0.2) is 72.8 Å². The molecular weight excluding hydrogens is 300 g/mol. The Balaban J connectivity index is 1.93. The lowest BCUT2D eigenvalue weighted by molar-refractivity contribution is -0.384. The average molecular weight is 318 g/mol. The Morgan fingerprint density at radius 3 is 2.38 bits per heavy atom. The number of nitro groups is 1. The first-order chi connectivity index (χ1) is 11.6. The molecule has 0 spiro atoms. The van der Waals surface area contributed by atoms with Gasteiger partial charge in [0.25, 0.3) is 5.69 Å². The van der Waals surface area contributed by atoms with Gasteiger partial charge in [0.05, 0.1) is 4.92 Å². The van der Waals surface area contributed by atoms with Crippen molar-refractivity contribution in [2.75, 3.05) is 5.32 Å². The van der Waals surface area contributed by atoms with E-state index in [1.54, 1.807) is 12.1 Å². The average Bonchev–Trinajstić information content (AvgIpc) is 2.60. The number of hydrogen-bond donors (Lipinski definition) is 1. The summed E-state index contributed by atoms with van der Waals surface area (Å²) < 4.78 is 0.